The normalized spacial score (nSPS) is 13.0. The van der Waals surface area contributed by atoms with E-state index in [4.69, 9.17) is 0 Å². The van der Waals surface area contributed by atoms with Gasteiger partial charge in [-0.2, -0.15) is 17.2 Å². The van der Waals surface area contributed by atoms with Crippen LogP contribution in [0.1, 0.15) is 20.3 Å². The van der Waals surface area contributed by atoms with Crippen molar-refractivity contribution in [3.63, 3.8) is 0 Å². The van der Waals surface area contributed by atoms with Crippen molar-refractivity contribution in [1.82, 2.24) is 0 Å². The Kier molecular flexibility index (Phi) is 5.70. The molecule has 0 radical (unpaired) electrons. The Morgan fingerprint density at radius 1 is 1.00 bits per heavy atom. The van der Waals surface area contributed by atoms with E-state index in [-0.39, 0.29) is 6.42 Å². The second-order valence-corrected chi connectivity index (χ2v) is 5.50. The number of hydrogen-bond donors (Lipinski definition) is 0. The molecule has 0 atom stereocenters. The van der Waals surface area contributed by atoms with Crippen molar-refractivity contribution in [3.05, 3.63) is 52.2 Å². The van der Waals surface area contributed by atoms with Gasteiger partial charge in [-0.25, -0.2) is 13.2 Å². The van der Waals surface area contributed by atoms with E-state index in [9.17, 15) is 30.4 Å². The fraction of sp³-hybridized carbons (Fsp3) is 0.231. The van der Waals surface area contributed by atoms with Crippen molar-refractivity contribution < 1.29 is 34.6 Å². The van der Waals surface area contributed by atoms with Gasteiger partial charge < -0.3 is 4.18 Å². The number of allylic oxidation sites excluding steroid dienone is 3. The van der Waals surface area contributed by atoms with Crippen LogP contribution in [0.3, 0.4) is 0 Å². The second kappa shape index (κ2) is 6.91. The lowest BCUT2D eigenvalue weighted by Crippen LogP contribution is -2.15. The molecule has 0 aliphatic rings. The van der Waals surface area contributed by atoms with Crippen LogP contribution in [0.5, 0.6) is 5.75 Å². The van der Waals surface area contributed by atoms with Crippen molar-refractivity contribution in [1.29, 1.82) is 0 Å². The van der Waals surface area contributed by atoms with Crippen LogP contribution in [0, 0.1) is 29.1 Å². The maximum Gasteiger partial charge on any atom is 0.339 e. The van der Waals surface area contributed by atoms with E-state index in [1.165, 1.54) is 13.0 Å². The van der Waals surface area contributed by atoms with Crippen molar-refractivity contribution in [3.8, 4) is 5.75 Å². The van der Waals surface area contributed by atoms with Gasteiger partial charge in [0.15, 0.2) is 0 Å². The third-order valence-electron chi connectivity index (χ3n) is 2.39. The molecule has 0 unspecified atom stereocenters. The highest BCUT2D eigenvalue weighted by molar-refractivity contribution is 7.91. The lowest BCUT2D eigenvalue weighted by Gasteiger charge is -2.11. The third-order valence-corrected chi connectivity index (χ3v) is 3.65. The summed E-state index contributed by atoms with van der Waals surface area (Å²) in [6.07, 6.45) is 3.76. The first-order valence-corrected chi connectivity index (χ1v) is 7.36. The second-order valence-electron chi connectivity index (χ2n) is 3.95. The zero-order valence-corrected chi connectivity index (χ0v) is 12.3. The summed E-state index contributed by atoms with van der Waals surface area (Å²) in [7, 11) is -4.75. The van der Waals surface area contributed by atoms with Crippen molar-refractivity contribution in [2.24, 2.45) is 0 Å². The van der Waals surface area contributed by atoms with E-state index in [0.717, 1.165) is 12.2 Å². The summed E-state index contributed by atoms with van der Waals surface area (Å²) in [4.78, 5) is -0.471. The third kappa shape index (κ3) is 3.46. The molecule has 122 valence electrons. The van der Waals surface area contributed by atoms with Gasteiger partial charge in [0.2, 0.25) is 34.8 Å². The quantitative estimate of drug-likeness (QED) is 0.267. The van der Waals surface area contributed by atoms with Gasteiger partial charge in [-0.1, -0.05) is 19.1 Å². The van der Waals surface area contributed by atoms with Crippen LogP contribution in [0.4, 0.5) is 22.0 Å². The monoisotopic (exact) mass is 342 g/mol. The molecule has 3 nitrogen and oxygen atoms in total. The van der Waals surface area contributed by atoms with Crippen LogP contribution in [-0.4, -0.2) is 8.42 Å². The summed E-state index contributed by atoms with van der Waals surface area (Å²) in [6.45, 7) is 3.05. The molecule has 1 aromatic rings. The van der Waals surface area contributed by atoms with Crippen molar-refractivity contribution >= 4 is 10.1 Å². The van der Waals surface area contributed by atoms with E-state index < -0.39 is 49.9 Å². The molecule has 9 heteroatoms. The molecule has 0 saturated carbocycles. The highest BCUT2D eigenvalue weighted by atomic mass is 32.2. The minimum absolute atomic E-state index is 0.235. The van der Waals surface area contributed by atoms with Crippen LogP contribution < -0.4 is 4.18 Å². The number of hydrogen-bond acceptors (Lipinski definition) is 3. The molecule has 0 heterocycles. The average Bonchev–Trinajstić information content (AvgIpc) is 2.47. The van der Waals surface area contributed by atoms with Crippen LogP contribution in [0.2, 0.25) is 0 Å². The van der Waals surface area contributed by atoms with E-state index in [1.807, 2.05) is 0 Å². The summed E-state index contributed by atoms with van der Waals surface area (Å²) in [5.74, 6) is -13.6. The van der Waals surface area contributed by atoms with Gasteiger partial charge in [0, 0.05) is 0 Å². The topological polar surface area (TPSA) is 43.4 Å². The van der Waals surface area contributed by atoms with E-state index >= 15 is 0 Å². The minimum Gasteiger partial charge on any atom is -0.372 e. The first-order valence-electron chi connectivity index (χ1n) is 5.96. The fourth-order valence-electron chi connectivity index (χ4n) is 1.43. The zero-order chi connectivity index (χ0) is 17.1. The van der Waals surface area contributed by atoms with Crippen LogP contribution in [-0.2, 0) is 10.1 Å². The largest absolute Gasteiger partial charge is 0.372 e. The lowest BCUT2D eigenvalue weighted by atomic mass is 10.3. The van der Waals surface area contributed by atoms with Gasteiger partial charge in [0.05, 0.1) is 0 Å². The molecule has 0 fully saturated rings. The summed E-state index contributed by atoms with van der Waals surface area (Å²) in [6, 6.07) is 0. The highest BCUT2D eigenvalue weighted by Gasteiger charge is 2.31. The first-order chi connectivity index (χ1) is 10.2. The summed E-state index contributed by atoms with van der Waals surface area (Å²) >= 11 is 0. The van der Waals surface area contributed by atoms with Gasteiger partial charge >= 0.3 is 10.1 Å². The summed E-state index contributed by atoms with van der Waals surface area (Å²) in [5.41, 5.74) is 0. The van der Waals surface area contributed by atoms with E-state index in [2.05, 4.69) is 4.18 Å². The lowest BCUT2D eigenvalue weighted by molar-refractivity contribution is 0.348. The molecule has 0 aliphatic heterocycles. The highest BCUT2D eigenvalue weighted by Crippen LogP contribution is 2.31. The van der Waals surface area contributed by atoms with Gasteiger partial charge in [0.1, 0.15) is 4.91 Å². The zero-order valence-electron chi connectivity index (χ0n) is 11.5. The van der Waals surface area contributed by atoms with Gasteiger partial charge in [-0.3, -0.25) is 0 Å². The van der Waals surface area contributed by atoms with Gasteiger partial charge in [0.25, 0.3) is 0 Å². The Hall–Kier alpha value is -1.90. The predicted molar refractivity (Wildman–Crippen MR) is 69.0 cm³/mol. The maximum atomic E-state index is 13.4. The molecule has 0 aliphatic carbocycles. The smallest absolute Gasteiger partial charge is 0.339 e. The molecular weight excluding hydrogens is 331 g/mol. The van der Waals surface area contributed by atoms with E-state index in [1.54, 1.807) is 6.92 Å². The molecule has 1 rings (SSSR count). The van der Waals surface area contributed by atoms with Crippen molar-refractivity contribution in [2.75, 3.05) is 0 Å². The van der Waals surface area contributed by atoms with Crippen LogP contribution in [0.25, 0.3) is 0 Å². The molecule has 22 heavy (non-hydrogen) atoms. The molecule has 0 amide bonds. The molecule has 1 aromatic carbocycles. The maximum absolute atomic E-state index is 13.4. The SMILES string of the molecule is C/C=C\C(=C/CC)S(=O)(=O)Oc1c(F)c(F)c(F)c(F)c1F. The molecule has 0 N–H and O–H groups in total. The van der Waals surface area contributed by atoms with Crippen molar-refractivity contribution in [2.45, 2.75) is 20.3 Å². The Balaban J connectivity index is 3.45. The standard InChI is InChI=1S/C13H11F5O3S/c1-3-5-7(6-4-2)22(19,20)21-13-11(17)9(15)8(14)10(16)12(13)18/h3,5-6H,4H2,1-2H3/b5-3-,7-6+. The fourth-order valence-corrected chi connectivity index (χ4v) is 2.57. The molecule has 0 saturated heterocycles. The van der Waals surface area contributed by atoms with Crippen LogP contribution in [0.15, 0.2) is 23.1 Å². The van der Waals surface area contributed by atoms with Gasteiger partial charge in [-0.05, 0) is 19.4 Å². The predicted octanol–water partition coefficient (Wildman–Crippen LogP) is 3.96. The number of rotatable bonds is 5. The first kappa shape index (κ1) is 18.1. The summed E-state index contributed by atoms with van der Waals surface area (Å²) in [5, 5.41) is 0. The number of halogens is 5. The Morgan fingerprint density at radius 2 is 1.45 bits per heavy atom. The van der Waals surface area contributed by atoms with E-state index in [0.29, 0.717) is 0 Å². The molecule has 0 spiro atoms. The Bertz CT molecular complexity index is 710. The minimum atomic E-state index is -4.75. The molecule has 0 aromatic heterocycles. The van der Waals surface area contributed by atoms with Crippen LogP contribution >= 0.6 is 0 Å². The summed E-state index contributed by atoms with van der Waals surface area (Å²) < 4.78 is 93.6. The van der Waals surface area contributed by atoms with Gasteiger partial charge in [-0.15, -0.1) is 0 Å². The molecular formula is C13H11F5O3S. The average molecular weight is 342 g/mol. The Labute approximate surface area is 123 Å². The number of benzene rings is 1. The Morgan fingerprint density at radius 3 is 1.86 bits per heavy atom. The molecule has 0 bridgehead atoms.